The Balaban J connectivity index is 2.51. The summed E-state index contributed by atoms with van der Waals surface area (Å²) in [5, 5.41) is 5.43. The van der Waals surface area contributed by atoms with Crippen molar-refractivity contribution >= 4 is 27.3 Å². The van der Waals surface area contributed by atoms with Crippen LogP contribution in [0.2, 0.25) is 0 Å². The van der Waals surface area contributed by atoms with E-state index >= 15 is 0 Å². The van der Waals surface area contributed by atoms with E-state index in [0.29, 0.717) is 0 Å². The Morgan fingerprint density at radius 3 is 2.28 bits per heavy atom. The smallest absolute Gasteiger partial charge is 0.123 e. The number of rotatable bonds is 3. The van der Waals surface area contributed by atoms with E-state index in [1.165, 1.54) is 5.56 Å². The van der Waals surface area contributed by atoms with Gasteiger partial charge in [0.25, 0.3) is 0 Å². The van der Waals surface area contributed by atoms with Gasteiger partial charge in [-0.2, -0.15) is 0 Å². The summed E-state index contributed by atoms with van der Waals surface area (Å²) in [6, 6.07) is 5.39. The van der Waals surface area contributed by atoms with Crippen molar-refractivity contribution in [2.24, 2.45) is 0 Å². The summed E-state index contributed by atoms with van der Waals surface area (Å²) >= 11 is 5.14. The normalized spacial score (nSPS) is 12.7. The van der Waals surface area contributed by atoms with Crippen molar-refractivity contribution in [1.29, 1.82) is 0 Å². The third-order valence-electron chi connectivity index (χ3n) is 3.06. The number of nitrogens with one attached hydrogen (secondary N) is 1. The Hall–Kier alpha value is -0.710. The molecule has 2 rings (SSSR count). The second kappa shape index (κ2) is 5.51. The monoisotopic (exact) mass is 327 g/mol. The third kappa shape index (κ3) is 2.66. The first kappa shape index (κ1) is 13.7. The molecular formula is C14H15BrFNS. The van der Waals surface area contributed by atoms with E-state index < -0.39 is 0 Å². The number of aryl methyl sites for hydroxylation is 2. The lowest BCUT2D eigenvalue weighted by Crippen LogP contribution is -2.19. The molecule has 0 aliphatic heterocycles. The molecule has 4 heteroatoms. The lowest BCUT2D eigenvalue weighted by Gasteiger charge is -2.20. The molecule has 1 atom stereocenters. The Bertz CT molecular complexity index is 542. The Labute approximate surface area is 119 Å². The minimum atomic E-state index is -0.171. The Morgan fingerprint density at radius 1 is 1.22 bits per heavy atom. The van der Waals surface area contributed by atoms with Crippen LogP contribution in [-0.2, 0) is 0 Å². The van der Waals surface area contributed by atoms with E-state index in [0.717, 1.165) is 20.5 Å². The van der Waals surface area contributed by atoms with Gasteiger partial charge in [-0.25, -0.2) is 4.39 Å². The summed E-state index contributed by atoms with van der Waals surface area (Å²) in [5.74, 6) is -0.171. The summed E-state index contributed by atoms with van der Waals surface area (Å²) in [6.45, 7) is 3.91. The van der Waals surface area contributed by atoms with E-state index in [-0.39, 0.29) is 11.9 Å². The van der Waals surface area contributed by atoms with E-state index in [1.54, 1.807) is 23.5 Å². The van der Waals surface area contributed by atoms with Gasteiger partial charge in [0.1, 0.15) is 5.82 Å². The van der Waals surface area contributed by atoms with E-state index in [1.807, 2.05) is 20.9 Å². The molecule has 0 bridgehead atoms. The maximum atomic E-state index is 13.4. The Kier molecular flexibility index (Phi) is 4.20. The fourth-order valence-electron chi connectivity index (χ4n) is 2.33. The predicted octanol–water partition coefficient (Wildman–Crippen LogP) is 4.58. The molecule has 0 amide bonds. The molecule has 1 aromatic heterocycles. The fourth-order valence-corrected chi connectivity index (χ4v) is 3.53. The Morgan fingerprint density at radius 2 is 1.83 bits per heavy atom. The van der Waals surface area contributed by atoms with Crippen molar-refractivity contribution in [3.63, 3.8) is 0 Å². The highest BCUT2D eigenvalue weighted by atomic mass is 79.9. The maximum Gasteiger partial charge on any atom is 0.123 e. The van der Waals surface area contributed by atoms with Crippen LogP contribution in [0, 0.1) is 19.7 Å². The van der Waals surface area contributed by atoms with Gasteiger partial charge >= 0.3 is 0 Å². The first-order chi connectivity index (χ1) is 8.52. The standard InChI is InChI=1S/C14H15BrFNS/c1-8-4-11(16)5-9(2)13(8)14(17-3)10-6-12(15)18-7-10/h4-7,14,17H,1-3H3. The molecule has 0 saturated heterocycles. The zero-order valence-corrected chi connectivity index (χ0v) is 13.0. The van der Waals surface area contributed by atoms with Gasteiger partial charge < -0.3 is 5.32 Å². The maximum absolute atomic E-state index is 13.4. The molecule has 96 valence electrons. The summed E-state index contributed by atoms with van der Waals surface area (Å²) in [7, 11) is 1.93. The number of thiophene rings is 1. The molecule has 0 spiro atoms. The van der Waals surface area contributed by atoms with Gasteiger partial charge in [-0.05, 0) is 82.7 Å². The molecule has 1 unspecified atom stereocenters. The average molecular weight is 328 g/mol. The summed E-state index contributed by atoms with van der Waals surface area (Å²) < 4.78 is 14.5. The van der Waals surface area contributed by atoms with Crippen LogP contribution < -0.4 is 5.32 Å². The zero-order chi connectivity index (χ0) is 13.3. The van der Waals surface area contributed by atoms with Crippen molar-refractivity contribution < 1.29 is 4.39 Å². The topological polar surface area (TPSA) is 12.0 Å². The number of benzene rings is 1. The van der Waals surface area contributed by atoms with Crippen LogP contribution in [0.5, 0.6) is 0 Å². The molecular weight excluding hydrogens is 313 g/mol. The van der Waals surface area contributed by atoms with Gasteiger partial charge in [0, 0.05) is 0 Å². The quantitative estimate of drug-likeness (QED) is 0.870. The van der Waals surface area contributed by atoms with Gasteiger partial charge in [-0.1, -0.05) is 0 Å². The van der Waals surface area contributed by atoms with Crippen LogP contribution >= 0.6 is 27.3 Å². The number of hydrogen-bond acceptors (Lipinski definition) is 2. The summed E-state index contributed by atoms with van der Waals surface area (Å²) in [5.41, 5.74) is 4.32. The average Bonchev–Trinajstić information content (AvgIpc) is 2.69. The van der Waals surface area contributed by atoms with E-state index in [4.69, 9.17) is 0 Å². The molecule has 0 aliphatic carbocycles. The van der Waals surface area contributed by atoms with Crippen LogP contribution in [0.1, 0.15) is 28.3 Å². The van der Waals surface area contributed by atoms with Crippen molar-refractivity contribution in [3.05, 3.63) is 55.4 Å². The van der Waals surface area contributed by atoms with Crippen molar-refractivity contribution in [3.8, 4) is 0 Å². The van der Waals surface area contributed by atoms with Gasteiger partial charge in [-0.15, -0.1) is 11.3 Å². The largest absolute Gasteiger partial charge is 0.309 e. The SMILES string of the molecule is CNC(c1csc(Br)c1)c1c(C)cc(F)cc1C. The van der Waals surface area contributed by atoms with Crippen LogP contribution in [0.4, 0.5) is 4.39 Å². The van der Waals surface area contributed by atoms with Gasteiger partial charge in [-0.3, -0.25) is 0 Å². The highest BCUT2D eigenvalue weighted by molar-refractivity contribution is 9.11. The number of hydrogen-bond donors (Lipinski definition) is 1. The predicted molar refractivity (Wildman–Crippen MR) is 78.8 cm³/mol. The first-order valence-corrected chi connectivity index (χ1v) is 7.38. The van der Waals surface area contributed by atoms with Crippen molar-refractivity contribution in [2.45, 2.75) is 19.9 Å². The van der Waals surface area contributed by atoms with Gasteiger partial charge in [0.15, 0.2) is 0 Å². The molecule has 18 heavy (non-hydrogen) atoms. The lowest BCUT2D eigenvalue weighted by molar-refractivity contribution is 0.618. The second-order valence-electron chi connectivity index (χ2n) is 4.36. The van der Waals surface area contributed by atoms with E-state index in [2.05, 4.69) is 32.7 Å². The second-order valence-corrected chi connectivity index (χ2v) is 6.65. The fraction of sp³-hybridized carbons (Fsp3) is 0.286. The first-order valence-electron chi connectivity index (χ1n) is 5.70. The highest BCUT2D eigenvalue weighted by Gasteiger charge is 2.18. The van der Waals surface area contributed by atoms with E-state index in [9.17, 15) is 4.39 Å². The van der Waals surface area contributed by atoms with Gasteiger partial charge in [0.05, 0.1) is 9.83 Å². The van der Waals surface area contributed by atoms with Crippen LogP contribution in [0.25, 0.3) is 0 Å². The third-order valence-corrected chi connectivity index (χ3v) is 4.58. The van der Waals surface area contributed by atoms with Crippen molar-refractivity contribution in [2.75, 3.05) is 7.05 Å². The molecule has 0 radical (unpaired) electrons. The highest BCUT2D eigenvalue weighted by Crippen LogP contribution is 2.32. The minimum absolute atomic E-state index is 0.105. The summed E-state index contributed by atoms with van der Waals surface area (Å²) in [4.78, 5) is 0. The van der Waals surface area contributed by atoms with Crippen LogP contribution in [-0.4, -0.2) is 7.05 Å². The summed E-state index contributed by atoms with van der Waals surface area (Å²) in [6.07, 6.45) is 0. The molecule has 2 aromatic rings. The molecule has 0 aliphatic rings. The zero-order valence-electron chi connectivity index (χ0n) is 10.6. The number of halogens is 2. The molecule has 0 fully saturated rings. The molecule has 0 saturated carbocycles. The van der Waals surface area contributed by atoms with Crippen LogP contribution in [0.3, 0.4) is 0 Å². The van der Waals surface area contributed by atoms with Gasteiger partial charge in [0.2, 0.25) is 0 Å². The molecule has 1 nitrogen and oxygen atoms in total. The lowest BCUT2D eigenvalue weighted by atomic mass is 9.92. The van der Waals surface area contributed by atoms with Crippen molar-refractivity contribution in [1.82, 2.24) is 5.32 Å². The molecule has 1 N–H and O–H groups in total. The van der Waals surface area contributed by atoms with Crippen LogP contribution in [0.15, 0.2) is 27.4 Å². The minimum Gasteiger partial charge on any atom is -0.309 e. The molecule has 1 aromatic carbocycles. The molecule has 1 heterocycles.